The Kier molecular flexibility index (Phi) is 9.65. The quantitative estimate of drug-likeness (QED) is 0.320. The van der Waals surface area contributed by atoms with Gasteiger partial charge in [-0.25, -0.2) is 15.0 Å². The number of amides is 3. The topological polar surface area (TPSA) is 135 Å². The molecule has 2 atom stereocenters. The number of hydrogen-bond acceptors (Lipinski definition) is 7. The zero-order valence-corrected chi connectivity index (χ0v) is 18.6. The van der Waals surface area contributed by atoms with E-state index < -0.39 is 35.7 Å². The average molecular weight is 434 g/mol. The van der Waals surface area contributed by atoms with Gasteiger partial charge >= 0.3 is 12.1 Å². The Labute approximate surface area is 181 Å². The molecule has 0 aliphatic heterocycles. The molecular formula is C21H30N4O6. The third-order valence-electron chi connectivity index (χ3n) is 3.78. The van der Waals surface area contributed by atoms with Crippen molar-refractivity contribution in [1.29, 1.82) is 0 Å². The molecule has 0 saturated carbocycles. The maximum absolute atomic E-state index is 12.7. The van der Waals surface area contributed by atoms with E-state index in [4.69, 9.17) is 4.74 Å². The molecule has 0 radical (unpaired) electrons. The van der Waals surface area contributed by atoms with E-state index in [0.29, 0.717) is 0 Å². The van der Waals surface area contributed by atoms with Gasteiger partial charge in [0, 0.05) is 13.3 Å². The van der Waals surface area contributed by atoms with E-state index in [1.165, 1.54) is 27.2 Å². The SMILES string of the molecule is COC(=O)C(C)NC(=O)C(Cc1ccc(/C=N/NC(C)=O)cc1)NC(=O)OC(C)(C)C. The Bertz CT molecular complexity index is 814. The summed E-state index contributed by atoms with van der Waals surface area (Å²) >= 11 is 0. The Morgan fingerprint density at radius 3 is 2.23 bits per heavy atom. The van der Waals surface area contributed by atoms with E-state index >= 15 is 0 Å². The summed E-state index contributed by atoms with van der Waals surface area (Å²) in [6.45, 7) is 7.97. The molecule has 3 N–H and O–H groups in total. The van der Waals surface area contributed by atoms with Gasteiger partial charge in [-0.3, -0.25) is 9.59 Å². The van der Waals surface area contributed by atoms with Crippen LogP contribution in [0, 0.1) is 0 Å². The number of benzene rings is 1. The Balaban J connectivity index is 2.93. The summed E-state index contributed by atoms with van der Waals surface area (Å²) in [6, 6.07) is 5.15. The monoisotopic (exact) mass is 434 g/mol. The van der Waals surface area contributed by atoms with Gasteiger partial charge in [0.1, 0.15) is 17.7 Å². The molecule has 1 aromatic rings. The zero-order valence-electron chi connectivity index (χ0n) is 18.6. The van der Waals surface area contributed by atoms with Crippen molar-refractivity contribution in [3.05, 3.63) is 35.4 Å². The van der Waals surface area contributed by atoms with Crippen LogP contribution in [0.15, 0.2) is 29.4 Å². The van der Waals surface area contributed by atoms with E-state index in [2.05, 4.69) is 25.9 Å². The molecule has 0 saturated heterocycles. The highest BCUT2D eigenvalue weighted by molar-refractivity contribution is 5.89. The number of methoxy groups -OCH3 is 1. The van der Waals surface area contributed by atoms with Gasteiger partial charge < -0.3 is 20.1 Å². The number of hydrogen-bond donors (Lipinski definition) is 3. The first-order valence-corrected chi connectivity index (χ1v) is 9.67. The molecule has 170 valence electrons. The van der Waals surface area contributed by atoms with Crippen molar-refractivity contribution in [2.24, 2.45) is 5.10 Å². The molecule has 0 fully saturated rings. The second kappa shape index (κ2) is 11.7. The average Bonchev–Trinajstić information content (AvgIpc) is 2.66. The van der Waals surface area contributed by atoms with Crippen LogP contribution < -0.4 is 16.1 Å². The number of alkyl carbamates (subject to hydrolysis) is 1. The summed E-state index contributed by atoms with van der Waals surface area (Å²) in [5.74, 6) is -1.44. The molecule has 0 aromatic heterocycles. The van der Waals surface area contributed by atoms with Gasteiger partial charge in [-0.15, -0.1) is 0 Å². The first-order valence-electron chi connectivity index (χ1n) is 9.67. The fraction of sp³-hybridized carbons (Fsp3) is 0.476. The Hall–Kier alpha value is -3.43. The van der Waals surface area contributed by atoms with Gasteiger partial charge in [0.2, 0.25) is 11.8 Å². The summed E-state index contributed by atoms with van der Waals surface area (Å²) in [4.78, 5) is 47.4. The predicted octanol–water partition coefficient (Wildman–Crippen LogP) is 1.27. The standard InChI is InChI=1S/C21H30N4O6/c1-13(19(28)30-6)23-18(27)17(24-20(29)31-21(3,4)5)11-15-7-9-16(10-8-15)12-22-25-14(2)26/h7-10,12-13,17H,11H2,1-6H3,(H,23,27)(H,24,29)(H,25,26)/b22-12+. The van der Waals surface area contributed by atoms with Gasteiger partial charge in [0.15, 0.2) is 0 Å². The number of carbonyl (C=O) groups excluding carboxylic acids is 4. The minimum atomic E-state index is -0.985. The van der Waals surface area contributed by atoms with E-state index in [1.807, 2.05) is 0 Å². The summed E-state index contributed by atoms with van der Waals surface area (Å²) in [5, 5.41) is 8.85. The first kappa shape index (κ1) is 25.6. The lowest BCUT2D eigenvalue weighted by atomic mass is 10.0. The van der Waals surface area contributed by atoms with Gasteiger partial charge in [-0.05, 0) is 38.8 Å². The highest BCUT2D eigenvalue weighted by Gasteiger charge is 2.27. The van der Waals surface area contributed by atoms with Gasteiger partial charge in [0.05, 0.1) is 13.3 Å². The number of esters is 1. The number of nitrogens with zero attached hydrogens (tertiary/aromatic N) is 1. The van der Waals surface area contributed by atoms with E-state index in [1.54, 1.807) is 45.0 Å². The lowest BCUT2D eigenvalue weighted by Gasteiger charge is -2.24. The minimum absolute atomic E-state index is 0.155. The van der Waals surface area contributed by atoms with Gasteiger partial charge in [-0.2, -0.15) is 5.10 Å². The van der Waals surface area contributed by atoms with Crippen molar-refractivity contribution in [1.82, 2.24) is 16.1 Å². The van der Waals surface area contributed by atoms with Crippen LogP contribution in [0.5, 0.6) is 0 Å². The second-order valence-electron chi connectivity index (χ2n) is 7.82. The van der Waals surface area contributed by atoms with E-state index in [0.717, 1.165) is 11.1 Å². The molecule has 0 heterocycles. The molecular weight excluding hydrogens is 404 g/mol. The number of rotatable bonds is 8. The fourth-order valence-electron chi connectivity index (χ4n) is 2.38. The third-order valence-corrected chi connectivity index (χ3v) is 3.78. The molecule has 3 amide bonds. The normalized spacial score (nSPS) is 13.1. The molecule has 10 heteroatoms. The van der Waals surface area contributed by atoms with Crippen molar-refractivity contribution in [3.8, 4) is 0 Å². The summed E-state index contributed by atoms with van der Waals surface area (Å²) in [6.07, 6.45) is 0.881. The second-order valence-corrected chi connectivity index (χ2v) is 7.82. The summed E-state index contributed by atoms with van der Waals surface area (Å²) in [5.41, 5.74) is 3.05. The van der Waals surface area contributed by atoms with E-state index in [-0.39, 0.29) is 12.3 Å². The van der Waals surface area contributed by atoms with Crippen molar-refractivity contribution >= 4 is 30.1 Å². The van der Waals surface area contributed by atoms with Gasteiger partial charge in [0.25, 0.3) is 0 Å². The van der Waals surface area contributed by atoms with Crippen LogP contribution in [0.2, 0.25) is 0 Å². The van der Waals surface area contributed by atoms with Crippen LogP contribution in [0.25, 0.3) is 0 Å². The van der Waals surface area contributed by atoms with Crippen LogP contribution in [0.3, 0.4) is 0 Å². The lowest BCUT2D eigenvalue weighted by Crippen LogP contribution is -2.52. The largest absolute Gasteiger partial charge is 0.467 e. The first-order chi connectivity index (χ1) is 14.4. The number of hydrazone groups is 1. The zero-order chi connectivity index (χ0) is 23.6. The highest BCUT2D eigenvalue weighted by atomic mass is 16.6. The lowest BCUT2D eigenvalue weighted by molar-refractivity contribution is -0.144. The molecule has 0 bridgehead atoms. The van der Waals surface area contributed by atoms with Crippen molar-refractivity contribution < 1.29 is 28.7 Å². The summed E-state index contributed by atoms with van der Waals surface area (Å²) in [7, 11) is 1.22. The molecule has 0 spiro atoms. The van der Waals surface area contributed by atoms with Crippen LogP contribution in [-0.2, 0) is 30.3 Å². The minimum Gasteiger partial charge on any atom is -0.467 e. The Morgan fingerprint density at radius 1 is 1.10 bits per heavy atom. The molecule has 0 aliphatic carbocycles. The van der Waals surface area contributed by atoms with Crippen LogP contribution in [0.1, 0.15) is 45.7 Å². The molecule has 2 unspecified atom stereocenters. The number of ether oxygens (including phenoxy) is 2. The van der Waals surface area contributed by atoms with Crippen molar-refractivity contribution in [2.75, 3.05) is 7.11 Å². The van der Waals surface area contributed by atoms with Crippen molar-refractivity contribution in [3.63, 3.8) is 0 Å². The van der Waals surface area contributed by atoms with Crippen molar-refractivity contribution in [2.45, 2.75) is 58.7 Å². The van der Waals surface area contributed by atoms with Crippen LogP contribution in [-0.4, -0.2) is 54.9 Å². The third kappa shape index (κ3) is 10.2. The fourth-order valence-corrected chi connectivity index (χ4v) is 2.38. The van der Waals surface area contributed by atoms with Crippen LogP contribution >= 0.6 is 0 Å². The number of nitrogens with one attached hydrogen (secondary N) is 3. The van der Waals surface area contributed by atoms with Gasteiger partial charge in [-0.1, -0.05) is 24.3 Å². The highest BCUT2D eigenvalue weighted by Crippen LogP contribution is 2.10. The maximum atomic E-state index is 12.7. The number of carbonyl (C=O) groups is 4. The molecule has 0 aliphatic rings. The molecule has 31 heavy (non-hydrogen) atoms. The predicted molar refractivity (Wildman–Crippen MR) is 114 cm³/mol. The van der Waals surface area contributed by atoms with E-state index in [9.17, 15) is 19.2 Å². The Morgan fingerprint density at radius 2 is 1.71 bits per heavy atom. The van der Waals surface area contributed by atoms with Crippen LogP contribution in [0.4, 0.5) is 4.79 Å². The smallest absolute Gasteiger partial charge is 0.408 e. The molecule has 1 aromatic carbocycles. The molecule has 1 rings (SSSR count). The summed E-state index contributed by atoms with van der Waals surface area (Å²) < 4.78 is 9.85. The molecule has 10 nitrogen and oxygen atoms in total. The maximum Gasteiger partial charge on any atom is 0.408 e.